The van der Waals surface area contributed by atoms with Gasteiger partial charge in [0.2, 0.25) is 0 Å². The first-order chi connectivity index (χ1) is 20.3. The molecular formula is C32H29IN2O6S. The largest absolute Gasteiger partial charge is 0.496 e. The lowest BCUT2D eigenvalue weighted by molar-refractivity contribution is -0.139. The van der Waals surface area contributed by atoms with Gasteiger partial charge in [0.05, 0.1) is 40.2 Å². The first-order valence-corrected chi connectivity index (χ1v) is 15.1. The Morgan fingerprint density at radius 1 is 1.14 bits per heavy atom. The van der Waals surface area contributed by atoms with Gasteiger partial charge in [-0.15, -0.1) is 0 Å². The van der Waals surface area contributed by atoms with Crippen molar-refractivity contribution < 1.29 is 23.7 Å². The molecule has 0 fully saturated rings. The Morgan fingerprint density at radius 2 is 1.90 bits per heavy atom. The summed E-state index contributed by atoms with van der Waals surface area (Å²) in [5.41, 5.74) is 1.95. The minimum Gasteiger partial charge on any atom is -0.496 e. The molecule has 0 spiro atoms. The van der Waals surface area contributed by atoms with Gasteiger partial charge in [-0.2, -0.15) is 0 Å². The molecular weight excluding hydrogens is 667 g/mol. The third-order valence-electron chi connectivity index (χ3n) is 6.84. The van der Waals surface area contributed by atoms with Gasteiger partial charge in [-0.25, -0.2) is 9.79 Å². The summed E-state index contributed by atoms with van der Waals surface area (Å²) < 4.78 is 25.5. The first-order valence-electron chi connectivity index (χ1n) is 13.2. The minimum atomic E-state index is -0.812. The second kappa shape index (κ2) is 12.5. The number of carbonyl (C=O) groups is 1. The van der Waals surface area contributed by atoms with E-state index in [1.54, 1.807) is 44.8 Å². The maximum Gasteiger partial charge on any atom is 0.338 e. The smallest absolute Gasteiger partial charge is 0.338 e. The number of ether oxygens (including phenoxy) is 4. The maximum atomic E-state index is 14.2. The van der Waals surface area contributed by atoms with Crippen molar-refractivity contribution >= 4 is 56.7 Å². The molecule has 0 bridgehead atoms. The van der Waals surface area contributed by atoms with Gasteiger partial charge in [0.25, 0.3) is 5.56 Å². The van der Waals surface area contributed by atoms with Crippen LogP contribution in [0.4, 0.5) is 0 Å². The highest BCUT2D eigenvalue weighted by Crippen LogP contribution is 2.40. The molecule has 0 radical (unpaired) electrons. The van der Waals surface area contributed by atoms with E-state index in [0.717, 1.165) is 19.9 Å². The van der Waals surface area contributed by atoms with Crippen molar-refractivity contribution in [3.63, 3.8) is 0 Å². The summed E-state index contributed by atoms with van der Waals surface area (Å²) in [6.07, 6.45) is 3.46. The second-order valence-corrected chi connectivity index (χ2v) is 11.5. The average Bonchev–Trinajstić information content (AvgIpc) is 3.28. The van der Waals surface area contributed by atoms with Gasteiger partial charge in [0.1, 0.15) is 18.4 Å². The van der Waals surface area contributed by atoms with Gasteiger partial charge in [-0.1, -0.05) is 54.3 Å². The summed E-state index contributed by atoms with van der Waals surface area (Å²) in [5.74, 6) is 1.18. The molecule has 3 aromatic carbocycles. The molecule has 0 aliphatic carbocycles. The molecule has 8 nitrogen and oxygen atoms in total. The van der Waals surface area contributed by atoms with E-state index >= 15 is 0 Å². The number of esters is 1. The van der Waals surface area contributed by atoms with E-state index in [0.29, 0.717) is 50.0 Å². The van der Waals surface area contributed by atoms with Gasteiger partial charge in [-0.3, -0.25) is 9.36 Å². The lowest BCUT2D eigenvalue weighted by Gasteiger charge is -2.27. The Hall–Kier alpha value is -3.90. The van der Waals surface area contributed by atoms with Crippen LogP contribution in [0.2, 0.25) is 0 Å². The molecule has 42 heavy (non-hydrogen) atoms. The summed E-state index contributed by atoms with van der Waals surface area (Å²) in [7, 11) is 3.15. The number of fused-ring (bicyclic) bond motifs is 2. The van der Waals surface area contributed by atoms with Gasteiger partial charge in [0.15, 0.2) is 16.3 Å². The third-order valence-corrected chi connectivity index (χ3v) is 8.62. The normalized spacial score (nSPS) is 14.8. The van der Waals surface area contributed by atoms with Crippen LogP contribution in [-0.4, -0.2) is 38.0 Å². The Balaban J connectivity index is 1.78. The van der Waals surface area contributed by atoms with Crippen molar-refractivity contribution in [1.29, 1.82) is 0 Å². The van der Waals surface area contributed by atoms with Gasteiger partial charge >= 0.3 is 5.97 Å². The highest BCUT2D eigenvalue weighted by atomic mass is 127. The van der Waals surface area contributed by atoms with Crippen LogP contribution in [0.5, 0.6) is 17.2 Å². The van der Waals surface area contributed by atoms with E-state index in [4.69, 9.17) is 23.9 Å². The zero-order chi connectivity index (χ0) is 30.0. The monoisotopic (exact) mass is 696 g/mol. The van der Waals surface area contributed by atoms with E-state index in [-0.39, 0.29) is 12.2 Å². The van der Waals surface area contributed by atoms with Crippen molar-refractivity contribution in [1.82, 2.24) is 4.57 Å². The summed E-state index contributed by atoms with van der Waals surface area (Å²) >= 11 is 3.44. The van der Waals surface area contributed by atoms with Crippen LogP contribution >= 0.6 is 33.9 Å². The third kappa shape index (κ3) is 5.36. The van der Waals surface area contributed by atoms with Crippen molar-refractivity contribution in [2.75, 3.05) is 27.4 Å². The number of hydrogen-bond donors (Lipinski definition) is 0. The second-order valence-electron chi connectivity index (χ2n) is 9.34. The number of methoxy groups -OCH3 is 2. The van der Waals surface area contributed by atoms with Crippen molar-refractivity contribution in [2.45, 2.75) is 19.9 Å². The number of thiazole rings is 1. The molecule has 4 aromatic rings. The van der Waals surface area contributed by atoms with E-state index in [1.807, 2.05) is 48.5 Å². The van der Waals surface area contributed by atoms with Crippen molar-refractivity contribution in [3.05, 3.63) is 107 Å². The summed E-state index contributed by atoms with van der Waals surface area (Å²) in [4.78, 5) is 32.8. The molecule has 0 unspecified atom stereocenters. The van der Waals surface area contributed by atoms with E-state index < -0.39 is 12.0 Å². The lowest BCUT2D eigenvalue weighted by Crippen LogP contribution is -2.40. The maximum absolute atomic E-state index is 14.2. The fourth-order valence-corrected chi connectivity index (χ4v) is 6.88. The van der Waals surface area contributed by atoms with Crippen molar-refractivity contribution in [2.24, 2.45) is 4.99 Å². The predicted molar refractivity (Wildman–Crippen MR) is 172 cm³/mol. The lowest BCUT2D eigenvalue weighted by atomic mass is 9.90. The Kier molecular flexibility index (Phi) is 8.83. The Bertz CT molecular complexity index is 1920. The highest BCUT2D eigenvalue weighted by Gasteiger charge is 2.36. The topological polar surface area (TPSA) is 88.4 Å². The highest BCUT2D eigenvalue weighted by molar-refractivity contribution is 14.1. The molecule has 0 saturated carbocycles. The molecule has 1 aliphatic rings. The Labute approximate surface area is 260 Å². The summed E-state index contributed by atoms with van der Waals surface area (Å²) in [5, 5.41) is 1.82. The number of halogens is 1. The van der Waals surface area contributed by atoms with E-state index in [9.17, 15) is 9.59 Å². The number of hydrogen-bond acceptors (Lipinski definition) is 8. The molecule has 5 rings (SSSR count). The van der Waals surface area contributed by atoms with E-state index in [2.05, 4.69) is 29.2 Å². The minimum absolute atomic E-state index is 0.187. The first kappa shape index (κ1) is 29.6. The average molecular weight is 697 g/mol. The fourth-order valence-electron chi connectivity index (χ4n) is 5.06. The molecule has 0 N–H and O–H groups in total. The number of nitrogens with zero attached hydrogens (tertiary/aromatic N) is 2. The van der Waals surface area contributed by atoms with Crippen LogP contribution in [0.25, 0.3) is 16.8 Å². The number of aromatic nitrogens is 1. The molecule has 216 valence electrons. The van der Waals surface area contributed by atoms with Crippen LogP contribution < -0.4 is 29.1 Å². The number of rotatable bonds is 9. The molecule has 0 amide bonds. The molecule has 0 saturated heterocycles. The van der Waals surface area contributed by atoms with Crippen LogP contribution in [0.3, 0.4) is 0 Å². The van der Waals surface area contributed by atoms with Crippen LogP contribution in [-0.2, 0) is 9.53 Å². The van der Waals surface area contributed by atoms with Crippen LogP contribution in [0.15, 0.2) is 82.2 Å². The fraction of sp³-hybridized carbons (Fsp3) is 0.219. The predicted octanol–water partition coefficient (Wildman–Crippen LogP) is 5.14. The SMILES string of the molecule is C=CCOc1c(I)cc(/C=c2/sc3n(c2=O)[C@@H](c2c(OC)ccc4ccccc24)C(C(=O)OCC)=C(C)N=3)cc1OC. The number of benzene rings is 3. The zero-order valence-corrected chi connectivity index (χ0v) is 26.6. The molecule has 2 heterocycles. The zero-order valence-electron chi connectivity index (χ0n) is 23.6. The van der Waals surface area contributed by atoms with Crippen molar-refractivity contribution in [3.8, 4) is 17.2 Å². The van der Waals surface area contributed by atoms with Gasteiger partial charge in [0, 0.05) is 5.56 Å². The molecule has 10 heteroatoms. The number of allylic oxidation sites excluding steroid dienone is 1. The quantitative estimate of drug-likeness (QED) is 0.137. The standard InChI is InChI=1S/C32H29IN2O6S/c1-6-14-41-29-22(33)15-19(16-24(29)39-5)17-25-30(36)35-28(26(31(37)40-7-2)18(3)34-32(35)42-25)27-21-11-9-8-10-20(21)12-13-23(27)38-4/h6,8-13,15-17,28H,1,7,14H2,2-5H3/b25-17+/t28-/m1/s1. The van der Waals surface area contributed by atoms with Crippen LogP contribution in [0.1, 0.15) is 31.0 Å². The van der Waals surface area contributed by atoms with E-state index in [1.165, 1.54) is 11.3 Å². The summed E-state index contributed by atoms with van der Waals surface area (Å²) in [6, 6.07) is 14.6. The molecule has 1 aliphatic heterocycles. The van der Waals surface area contributed by atoms with Crippen LogP contribution in [0, 0.1) is 3.57 Å². The molecule has 1 aromatic heterocycles. The molecule has 1 atom stereocenters. The number of carbonyl (C=O) groups excluding carboxylic acids is 1. The Morgan fingerprint density at radius 3 is 2.62 bits per heavy atom. The summed E-state index contributed by atoms with van der Waals surface area (Å²) in [6.45, 7) is 7.74. The van der Waals surface area contributed by atoms with Gasteiger partial charge < -0.3 is 18.9 Å². The van der Waals surface area contributed by atoms with Gasteiger partial charge in [-0.05, 0) is 77.0 Å².